The van der Waals surface area contributed by atoms with Crippen molar-refractivity contribution in [3.8, 4) is 0 Å². The number of hydrogen-bond acceptors (Lipinski definition) is 6. The van der Waals surface area contributed by atoms with Crippen LogP contribution in [0.15, 0.2) is 53.0 Å². The number of thioether (sulfide) groups is 1. The van der Waals surface area contributed by atoms with Gasteiger partial charge in [-0.1, -0.05) is 48.2 Å². The van der Waals surface area contributed by atoms with Crippen molar-refractivity contribution in [2.45, 2.75) is 42.3 Å². The van der Waals surface area contributed by atoms with Gasteiger partial charge in [-0.15, -0.1) is 16.4 Å². The maximum atomic E-state index is 12.8. The van der Waals surface area contributed by atoms with Gasteiger partial charge in [0.05, 0.1) is 6.54 Å². The largest absolute Gasteiger partial charge is 0.352 e. The molecule has 1 aliphatic rings. The molecule has 1 aliphatic carbocycles. The number of aryl methyl sites for hydroxylation is 2. The fourth-order valence-corrected chi connectivity index (χ4v) is 4.31. The van der Waals surface area contributed by atoms with Crippen molar-refractivity contribution in [1.82, 2.24) is 25.5 Å². The standard InChI is InChI=1S/C18H19N5OS2/c24-17(19-14-8-9-14)16(13-5-2-1-3-6-13)26-18-20-21-22-23(18)11-10-15-7-4-12-25-15/h1-7,12,14,16H,8-11H2,(H,19,24)/t16-/m0/s1. The lowest BCUT2D eigenvalue weighted by Gasteiger charge is -2.16. The minimum Gasteiger partial charge on any atom is -0.352 e. The summed E-state index contributed by atoms with van der Waals surface area (Å²) < 4.78 is 1.78. The molecule has 1 saturated carbocycles. The number of tetrazole rings is 1. The quantitative estimate of drug-likeness (QED) is 0.603. The number of aromatic nitrogens is 4. The Bertz CT molecular complexity index is 846. The van der Waals surface area contributed by atoms with Gasteiger partial charge in [-0.05, 0) is 40.3 Å². The Morgan fingerprint density at radius 3 is 2.85 bits per heavy atom. The van der Waals surface area contributed by atoms with E-state index >= 15 is 0 Å². The molecule has 26 heavy (non-hydrogen) atoms. The van der Waals surface area contributed by atoms with Gasteiger partial charge in [0, 0.05) is 17.3 Å². The van der Waals surface area contributed by atoms with Crippen LogP contribution in [0.4, 0.5) is 0 Å². The van der Waals surface area contributed by atoms with Crippen LogP contribution in [0.1, 0.15) is 28.5 Å². The third-order valence-corrected chi connectivity index (χ3v) is 6.30. The lowest BCUT2D eigenvalue weighted by atomic mass is 10.1. The van der Waals surface area contributed by atoms with E-state index in [1.54, 1.807) is 16.0 Å². The Morgan fingerprint density at radius 1 is 1.27 bits per heavy atom. The lowest BCUT2D eigenvalue weighted by molar-refractivity contribution is -0.120. The zero-order chi connectivity index (χ0) is 17.8. The van der Waals surface area contributed by atoms with E-state index in [9.17, 15) is 4.79 Å². The number of hydrogen-bond donors (Lipinski definition) is 1. The Kier molecular flexibility index (Phi) is 5.31. The van der Waals surface area contributed by atoms with Crippen LogP contribution >= 0.6 is 23.1 Å². The Hall–Kier alpha value is -2.19. The van der Waals surface area contributed by atoms with E-state index in [0.29, 0.717) is 17.7 Å². The lowest BCUT2D eigenvalue weighted by Crippen LogP contribution is -2.30. The van der Waals surface area contributed by atoms with E-state index in [0.717, 1.165) is 24.8 Å². The van der Waals surface area contributed by atoms with Crippen molar-refractivity contribution in [2.24, 2.45) is 0 Å². The average molecular weight is 386 g/mol. The molecule has 0 unspecified atom stereocenters. The SMILES string of the molecule is O=C(NC1CC1)[C@@H](Sc1nnnn1CCc1cccs1)c1ccccc1. The van der Waals surface area contributed by atoms with Crippen molar-refractivity contribution >= 4 is 29.0 Å². The number of amides is 1. The number of carbonyl (C=O) groups excluding carboxylic acids is 1. The summed E-state index contributed by atoms with van der Waals surface area (Å²) in [5.74, 6) is 0.0245. The van der Waals surface area contributed by atoms with Gasteiger partial charge in [0.25, 0.3) is 0 Å². The highest BCUT2D eigenvalue weighted by molar-refractivity contribution is 8.00. The van der Waals surface area contributed by atoms with Gasteiger partial charge in [0.15, 0.2) is 0 Å². The number of nitrogens with one attached hydrogen (secondary N) is 1. The summed E-state index contributed by atoms with van der Waals surface area (Å²) in [6, 6.07) is 14.3. The topological polar surface area (TPSA) is 72.7 Å². The molecular formula is C18H19N5OS2. The molecule has 0 saturated heterocycles. The molecule has 3 aromatic rings. The molecule has 0 aliphatic heterocycles. The van der Waals surface area contributed by atoms with Crippen LogP contribution in [0.5, 0.6) is 0 Å². The van der Waals surface area contributed by atoms with Crippen molar-refractivity contribution in [2.75, 3.05) is 0 Å². The van der Waals surface area contributed by atoms with Gasteiger partial charge in [-0.25, -0.2) is 4.68 Å². The van der Waals surface area contributed by atoms with Crippen LogP contribution in [0.25, 0.3) is 0 Å². The summed E-state index contributed by atoms with van der Waals surface area (Å²) in [5.41, 5.74) is 0.962. The third-order valence-electron chi connectivity index (χ3n) is 4.14. The molecule has 0 radical (unpaired) electrons. The molecule has 4 rings (SSSR count). The van der Waals surface area contributed by atoms with Crippen molar-refractivity contribution in [3.05, 3.63) is 58.3 Å². The molecule has 0 spiro atoms. The molecule has 1 N–H and O–H groups in total. The van der Waals surface area contributed by atoms with E-state index in [4.69, 9.17) is 0 Å². The zero-order valence-electron chi connectivity index (χ0n) is 14.1. The molecular weight excluding hydrogens is 366 g/mol. The van der Waals surface area contributed by atoms with Crippen molar-refractivity contribution in [1.29, 1.82) is 0 Å². The molecule has 6 nitrogen and oxygen atoms in total. The fourth-order valence-electron chi connectivity index (χ4n) is 2.60. The first-order chi connectivity index (χ1) is 12.8. The molecule has 8 heteroatoms. The van der Waals surface area contributed by atoms with Crippen LogP contribution in [0.3, 0.4) is 0 Å². The van der Waals surface area contributed by atoms with E-state index < -0.39 is 0 Å². The summed E-state index contributed by atoms with van der Waals surface area (Å²) in [6.07, 6.45) is 3.01. The first-order valence-electron chi connectivity index (χ1n) is 8.60. The maximum Gasteiger partial charge on any atom is 0.238 e. The first-order valence-corrected chi connectivity index (χ1v) is 10.4. The molecule has 2 heterocycles. The molecule has 1 fully saturated rings. The van der Waals surface area contributed by atoms with Gasteiger partial charge in [-0.3, -0.25) is 4.79 Å². The fraction of sp³-hybridized carbons (Fsp3) is 0.333. The molecule has 2 aromatic heterocycles. The predicted octanol–water partition coefficient (Wildman–Crippen LogP) is 3.09. The molecule has 1 aromatic carbocycles. The second-order valence-corrected chi connectivity index (χ2v) is 8.31. The highest BCUT2D eigenvalue weighted by Gasteiger charge is 2.30. The number of benzene rings is 1. The van der Waals surface area contributed by atoms with Gasteiger partial charge in [0.2, 0.25) is 11.1 Å². The smallest absolute Gasteiger partial charge is 0.238 e. The molecule has 0 bridgehead atoms. The van der Waals surface area contributed by atoms with Gasteiger partial charge in [-0.2, -0.15) is 0 Å². The summed E-state index contributed by atoms with van der Waals surface area (Å²) in [4.78, 5) is 14.1. The summed E-state index contributed by atoms with van der Waals surface area (Å²) in [5, 5.41) is 17.5. The Labute approximate surface area is 160 Å². The van der Waals surface area contributed by atoms with E-state index in [1.807, 2.05) is 36.4 Å². The van der Waals surface area contributed by atoms with Gasteiger partial charge >= 0.3 is 0 Å². The van der Waals surface area contributed by atoms with Crippen LogP contribution in [0, 0.1) is 0 Å². The van der Waals surface area contributed by atoms with Crippen LogP contribution in [0.2, 0.25) is 0 Å². The van der Waals surface area contributed by atoms with Crippen molar-refractivity contribution in [3.63, 3.8) is 0 Å². The van der Waals surface area contributed by atoms with E-state index in [2.05, 4.69) is 32.3 Å². The molecule has 134 valence electrons. The van der Waals surface area contributed by atoms with Crippen LogP contribution < -0.4 is 5.32 Å². The second-order valence-electron chi connectivity index (χ2n) is 6.21. The molecule has 1 atom stereocenters. The predicted molar refractivity (Wildman–Crippen MR) is 102 cm³/mol. The summed E-state index contributed by atoms with van der Waals surface area (Å²) in [6.45, 7) is 0.696. The number of rotatable bonds is 8. The highest BCUT2D eigenvalue weighted by atomic mass is 32.2. The van der Waals surface area contributed by atoms with Crippen LogP contribution in [-0.4, -0.2) is 32.2 Å². The third kappa shape index (κ3) is 4.31. The summed E-state index contributed by atoms with van der Waals surface area (Å²) in [7, 11) is 0. The van der Waals surface area contributed by atoms with Gasteiger partial charge in [0.1, 0.15) is 5.25 Å². The Balaban J connectivity index is 1.50. The van der Waals surface area contributed by atoms with E-state index in [1.165, 1.54) is 16.6 Å². The molecule has 1 amide bonds. The van der Waals surface area contributed by atoms with E-state index in [-0.39, 0.29) is 11.2 Å². The number of nitrogens with zero attached hydrogens (tertiary/aromatic N) is 4. The zero-order valence-corrected chi connectivity index (χ0v) is 15.7. The first kappa shape index (κ1) is 17.2. The maximum absolute atomic E-state index is 12.8. The second kappa shape index (κ2) is 8.01. The average Bonchev–Trinajstić information content (AvgIpc) is 3.14. The minimum atomic E-state index is -0.358. The minimum absolute atomic E-state index is 0.0245. The Morgan fingerprint density at radius 2 is 2.12 bits per heavy atom. The monoisotopic (exact) mass is 385 g/mol. The number of thiophene rings is 1. The van der Waals surface area contributed by atoms with Crippen LogP contribution in [-0.2, 0) is 17.8 Å². The van der Waals surface area contributed by atoms with Gasteiger partial charge < -0.3 is 5.32 Å². The highest BCUT2D eigenvalue weighted by Crippen LogP contribution is 2.35. The normalized spacial score (nSPS) is 14.9. The van der Waals surface area contributed by atoms with Crippen molar-refractivity contribution < 1.29 is 4.79 Å². The summed E-state index contributed by atoms with van der Waals surface area (Å²) >= 11 is 3.14. The number of carbonyl (C=O) groups is 1.